The summed E-state index contributed by atoms with van der Waals surface area (Å²) < 4.78 is 30.9. The first kappa shape index (κ1) is 23.0. The lowest BCUT2D eigenvalue weighted by Gasteiger charge is -2.28. The average molecular weight is 461 g/mol. The van der Waals surface area contributed by atoms with Crippen molar-refractivity contribution in [1.29, 1.82) is 0 Å². The first-order valence-corrected chi connectivity index (χ1v) is 12.1. The predicted octanol–water partition coefficient (Wildman–Crippen LogP) is 1.35. The maximum Gasteiger partial charge on any atom is 0.276 e. The van der Waals surface area contributed by atoms with Gasteiger partial charge in [-0.25, -0.2) is 12.7 Å². The van der Waals surface area contributed by atoms with E-state index < -0.39 is 33.9 Å². The summed E-state index contributed by atoms with van der Waals surface area (Å²) >= 11 is 0. The minimum Gasteiger partial charge on any atom is -0.359 e. The van der Waals surface area contributed by atoms with Crippen LogP contribution in [0.5, 0.6) is 0 Å². The third-order valence-electron chi connectivity index (χ3n) is 6.28. The quantitative estimate of drug-likeness (QED) is 0.653. The van der Waals surface area contributed by atoms with Crippen LogP contribution in [-0.2, 0) is 21.4 Å². The van der Waals surface area contributed by atoms with Crippen LogP contribution in [0.3, 0.4) is 0 Å². The van der Waals surface area contributed by atoms with Crippen molar-refractivity contribution >= 4 is 34.2 Å². The molecule has 4 rings (SSSR count). The molecule has 0 unspecified atom stereocenters. The van der Waals surface area contributed by atoms with Gasteiger partial charge >= 0.3 is 0 Å². The average Bonchev–Trinajstić information content (AvgIpc) is 3.37. The van der Waals surface area contributed by atoms with Crippen LogP contribution in [0, 0.1) is 11.8 Å². The number of hydrogen-bond acceptors (Lipinski definition) is 7. The molecule has 3 aliphatic heterocycles. The number of fused-ring (bicyclic) bond motifs is 1. The molecule has 1 aromatic rings. The van der Waals surface area contributed by atoms with Gasteiger partial charge in [-0.15, -0.1) is 12.4 Å². The monoisotopic (exact) mass is 460 g/mol. The van der Waals surface area contributed by atoms with Gasteiger partial charge in [0.05, 0.1) is 30.8 Å². The Bertz CT molecular complexity index is 912. The molecule has 3 fully saturated rings. The van der Waals surface area contributed by atoms with E-state index in [0.717, 1.165) is 36.5 Å². The van der Waals surface area contributed by atoms with Crippen molar-refractivity contribution < 1.29 is 22.5 Å². The molecular formula is C19H29ClN4O5S. The van der Waals surface area contributed by atoms with Gasteiger partial charge in [0.15, 0.2) is 11.5 Å². The van der Waals surface area contributed by atoms with Crippen molar-refractivity contribution in [3.8, 4) is 0 Å². The number of rotatable bonds is 5. The molecular weight excluding hydrogens is 432 g/mol. The lowest BCUT2D eigenvalue weighted by molar-refractivity contribution is -0.129. The third-order valence-corrected chi connectivity index (χ3v) is 7.45. The fraction of sp³-hybridized carbons (Fsp3) is 0.737. The van der Waals surface area contributed by atoms with E-state index in [1.807, 2.05) is 13.8 Å². The van der Waals surface area contributed by atoms with E-state index in [0.29, 0.717) is 25.3 Å². The molecule has 0 N–H and O–H groups in total. The lowest BCUT2D eigenvalue weighted by Crippen LogP contribution is -2.44. The maximum absolute atomic E-state index is 13.2. The molecule has 3 aliphatic rings. The smallest absolute Gasteiger partial charge is 0.276 e. The van der Waals surface area contributed by atoms with Crippen LogP contribution >= 0.6 is 12.4 Å². The molecule has 2 amide bonds. The van der Waals surface area contributed by atoms with Crippen LogP contribution in [0.2, 0.25) is 0 Å². The van der Waals surface area contributed by atoms with Crippen LogP contribution in [-0.4, -0.2) is 77.5 Å². The predicted molar refractivity (Wildman–Crippen MR) is 112 cm³/mol. The van der Waals surface area contributed by atoms with Crippen molar-refractivity contribution in [2.75, 3.05) is 25.9 Å². The van der Waals surface area contributed by atoms with Gasteiger partial charge < -0.3 is 9.42 Å². The SMILES string of the molecule is CC(C)[C@H]1C(=O)N(S(C)(=O)=O)[C@H]2CCN(C(=O)c3cc(CN4CCCC4)on3)[C@H]12.Cl. The van der Waals surface area contributed by atoms with Gasteiger partial charge in [0.1, 0.15) is 0 Å². The molecule has 0 spiro atoms. The number of hydrogen-bond donors (Lipinski definition) is 0. The number of nitrogens with zero attached hydrogens (tertiary/aromatic N) is 4. The van der Waals surface area contributed by atoms with E-state index in [1.165, 1.54) is 0 Å². The second kappa shape index (κ2) is 8.47. The molecule has 0 aromatic carbocycles. The van der Waals surface area contributed by atoms with Crippen molar-refractivity contribution in [2.45, 2.75) is 51.7 Å². The van der Waals surface area contributed by atoms with Gasteiger partial charge in [0, 0.05) is 12.6 Å². The fourth-order valence-corrected chi connectivity index (χ4v) is 6.24. The zero-order chi connectivity index (χ0) is 20.9. The highest BCUT2D eigenvalue weighted by atomic mass is 35.5. The Balaban J connectivity index is 0.00000256. The first-order chi connectivity index (χ1) is 13.7. The molecule has 0 saturated carbocycles. The Morgan fingerprint density at radius 3 is 2.53 bits per heavy atom. The molecule has 3 saturated heterocycles. The standard InChI is InChI=1S/C19H28N4O5S.ClH/c1-12(2)16-17-15(23(19(16)25)29(3,26)27)6-9-22(17)18(24)14-10-13(28-20-14)11-21-7-4-5-8-21;/h10,12,15-17H,4-9,11H2,1-3H3;1H/t15-,16+,17-;/m0./s1. The Morgan fingerprint density at radius 2 is 1.93 bits per heavy atom. The summed E-state index contributed by atoms with van der Waals surface area (Å²) in [5.74, 6) is -0.699. The van der Waals surface area contributed by atoms with Crippen molar-refractivity contribution in [2.24, 2.45) is 11.8 Å². The minimum atomic E-state index is -3.69. The summed E-state index contributed by atoms with van der Waals surface area (Å²) in [5, 5.41) is 3.96. The second-order valence-electron chi connectivity index (χ2n) is 8.67. The van der Waals surface area contributed by atoms with Crippen LogP contribution in [0.4, 0.5) is 0 Å². The van der Waals surface area contributed by atoms with Crippen LogP contribution in [0.25, 0.3) is 0 Å². The van der Waals surface area contributed by atoms with Gasteiger partial charge in [0.2, 0.25) is 15.9 Å². The van der Waals surface area contributed by atoms with E-state index in [-0.39, 0.29) is 29.9 Å². The van der Waals surface area contributed by atoms with Gasteiger partial charge in [0.25, 0.3) is 5.91 Å². The van der Waals surface area contributed by atoms with Crippen LogP contribution in [0.1, 0.15) is 49.4 Å². The third kappa shape index (κ3) is 3.97. The number of sulfonamides is 1. The number of likely N-dealkylation sites (tertiary alicyclic amines) is 2. The Kier molecular flexibility index (Phi) is 6.50. The Hall–Kier alpha value is -1.65. The molecule has 9 nitrogen and oxygen atoms in total. The molecule has 30 heavy (non-hydrogen) atoms. The summed E-state index contributed by atoms with van der Waals surface area (Å²) in [6.07, 6.45) is 3.82. The number of carbonyl (C=O) groups is 2. The van der Waals surface area contributed by atoms with E-state index >= 15 is 0 Å². The van der Waals surface area contributed by atoms with Crippen LogP contribution < -0.4 is 0 Å². The molecule has 0 radical (unpaired) electrons. The molecule has 4 heterocycles. The van der Waals surface area contributed by atoms with Crippen LogP contribution in [0.15, 0.2) is 10.6 Å². The highest BCUT2D eigenvalue weighted by Gasteiger charge is 2.58. The zero-order valence-electron chi connectivity index (χ0n) is 17.5. The van der Waals surface area contributed by atoms with Crippen molar-refractivity contribution in [1.82, 2.24) is 19.3 Å². The van der Waals surface area contributed by atoms with Gasteiger partial charge in [-0.05, 0) is 38.3 Å². The topological polar surface area (TPSA) is 104 Å². The van der Waals surface area contributed by atoms with Gasteiger partial charge in [-0.2, -0.15) is 0 Å². The lowest BCUT2D eigenvalue weighted by atomic mass is 9.88. The molecule has 1 aromatic heterocycles. The molecule has 3 atom stereocenters. The van der Waals surface area contributed by atoms with Gasteiger partial charge in [-0.1, -0.05) is 19.0 Å². The number of carbonyl (C=O) groups excluding carboxylic acids is 2. The summed E-state index contributed by atoms with van der Waals surface area (Å²) in [7, 11) is -3.69. The molecule has 11 heteroatoms. The molecule has 0 bridgehead atoms. The summed E-state index contributed by atoms with van der Waals surface area (Å²) in [5.41, 5.74) is 0.215. The minimum absolute atomic E-state index is 0. The molecule has 0 aliphatic carbocycles. The summed E-state index contributed by atoms with van der Waals surface area (Å²) in [6.45, 7) is 6.82. The fourth-order valence-electron chi connectivity index (χ4n) is 5.07. The summed E-state index contributed by atoms with van der Waals surface area (Å²) in [6, 6.07) is 0.692. The maximum atomic E-state index is 13.2. The van der Waals surface area contributed by atoms with Crippen molar-refractivity contribution in [3.05, 3.63) is 17.5 Å². The van der Waals surface area contributed by atoms with E-state index in [2.05, 4.69) is 10.1 Å². The normalized spacial score (nSPS) is 27.1. The van der Waals surface area contributed by atoms with E-state index in [4.69, 9.17) is 4.52 Å². The van der Waals surface area contributed by atoms with Gasteiger partial charge in [-0.3, -0.25) is 14.5 Å². The highest BCUT2D eigenvalue weighted by molar-refractivity contribution is 7.88. The first-order valence-electron chi connectivity index (χ1n) is 10.2. The van der Waals surface area contributed by atoms with E-state index in [9.17, 15) is 18.0 Å². The second-order valence-corrected chi connectivity index (χ2v) is 10.5. The number of aromatic nitrogens is 1. The van der Waals surface area contributed by atoms with E-state index in [1.54, 1.807) is 11.0 Å². The number of amides is 2. The largest absolute Gasteiger partial charge is 0.359 e. The Labute approximate surface area is 183 Å². The Morgan fingerprint density at radius 1 is 1.27 bits per heavy atom. The van der Waals surface area contributed by atoms with Crippen molar-refractivity contribution in [3.63, 3.8) is 0 Å². The molecule has 168 valence electrons. The number of halogens is 1. The summed E-state index contributed by atoms with van der Waals surface area (Å²) in [4.78, 5) is 29.9. The highest BCUT2D eigenvalue weighted by Crippen LogP contribution is 2.41. The zero-order valence-corrected chi connectivity index (χ0v) is 19.1.